The van der Waals surface area contributed by atoms with Crippen LogP contribution in [0.3, 0.4) is 0 Å². The number of hydrogen-bond donors (Lipinski definition) is 2. The summed E-state index contributed by atoms with van der Waals surface area (Å²) in [5, 5.41) is 2.45. The van der Waals surface area contributed by atoms with Crippen molar-refractivity contribution in [2.45, 2.75) is 0 Å². The molecule has 3 N–H and O–H groups in total. The summed E-state index contributed by atoms with van der Waals surface area (Å²) >= 11 is 1.34. The summed E-state index contributed by atoms with van der Waals surface area (Å²) < 4.78 is 14.5. The molecule has 0 saturated heterocycles. The second-order valence-electron chi connectivity index (χ2n) is 5.18. The largest absolute Gasteiger partial charge is 0.364 e. The molecule has 0 aliphatic rings. The van der Waals surface area contributed by atoms with Gasteiger partial charge < -0.3 is 10.7 Å². The topological polar surface area (TPSA) is 107 Å². The Morgan fingerprint density at radius 3 is 2.60 bits per heavy atom. The fourth-order valence-electron chi connectivity index (χ4n) is 2.49. The van der Waals surface area contributed by atoms with Crippen molar-refractivity contribution in [3.8, 4) is 16.4 Å². The highest BCUT2D eigenvalue weighted by Crippen LogP contribution is 2.23. The van der Waals surface area contributed by atoms with E-state index in [1.165, 1.54) is 40.2 Å². The number of aromatic amines is 1. The molecule has 4 rings (SSSR count). The van der Waals surface area contributed by atoms with Crippen LogP contribution in [-0.4, -0.2) is 25.4 Å². The van der Waals surface area contributed by atoms with E-state index in [2.05, 4.69) is 15.0 Å². The summed E-state index contributed by atoms with van der Waals surface area (Å²) in [6.45, 7) is 0. The van der Waals surface area contributed by atoms with E-state index in [0.717, 1.165) is 0 Å². The van der Waals surface area contributed by atoms with Crippen LogP contribution in [0.15, 0.2) is 46.6 Å². The zero-order chi connectivity index (χ0) is 17.6. The number of imidazole rings is 1. The minimum atomic E-state index is -0.796. The predicted octanol–water partition coefficient (Wildman–Crippen LogP) is 2.08. The Kier molecular flexibility index (Phi) is 3.43. The van der Waals surface area contributed by atoms with Gasteiger partial charge >= 0.3 is 5.69 Å². The van der Waals surface area contributed by atoms with Crippen molar-refractivity contribution in [1.82, 2.24) is 19.5 Å². The second-order valence-corrected chi connectivity index (χ2v) is 6.11. The monoisotopic (exact) mass is 355 g/mol. The number of amides is 1. The van der Waals surface area contributed by atoms with Crippen LogP contribution in [0.1, 0.15) is 10.5 Å². The van der Waals surface area contributed by atoms with Gasteiger partial charge in [0.05, 0.1) is 0 Å². The number of aromatic nitrogens is 4. The van der Waals surface area contributed by atoms with E-state index in [-0.39, 0.29) is 22.7 Å². The fourth-order valence-corrected chi connectivity index (χ4v) is 3.22. The van der Waals surface area contributed by atoms with E-state index in [9.17, 15) is 14.0 Å². The van der Waals surface area contributed by atoms with E-state index in [0.29, 0.717) is 10.6 Å². The van der Waals surface area contributed by atoms with Gasteiger partial charge in [0, 0.05) is 5.56 Å². The third-order valence-corrected chi connectivity index (χ3v) is 4.45. The van der Waals surface area contributed by atoms with Crippen LogP contribution in [0.2, 0.25) is 0 Å². The highest BCUT2D eigenvalue weighted by molar-refractivity contribution is 7.12. The maximum atomic E-state index is 13.2. The minimum Gasteiger partial charge on any atom is -0.364 e. The molecular weight excluding hydrogens is 345 g/mol. The van der Waals surface area contributed by atoms with Gasteiger partial charge in [-0.3, -0.25) is 4.79 Å². The van der Waals surface area contributed by atoms with E-state index in [4.69, 9.17) is 5.73 Å². The zero-order valence-corrected chi connectivity index (χ0v) is 13.4. The number of fused-ring (bicyclic) bond motifs is 1. The Morgan fingerprint density at radius 2 is 1.96 bits per heavy atom. The summed E-state index contributed by atoms with van der Waals surface area (Å²) in [5.74, 6) is -1.03. The summed E-state index contributed by atoms with van der Waals surface area (Å²) in [4.78, 5) is 35.3. The smallest absolute Gasteiger partial charge is 0.333 e. The number of benzene rings is 1. The van der Waals surface area contributed by atoms with Gasteiger partial charge in [-0.15, -0.1) is 11.3 Å². The number of thiophene rings is 1. The minimum absolute atomic E-state index is 0.100. The Bertz CT molecular complexity index is 1150. The molecular formula is C16H10FN5O2S. The molecule has 0 saturated carbocycles. The number of nitrogens with two attached hydrogens (primary N) is 1. The average Bonchev–Trinajstić information content (AvgIpc) is 3.20. The molecule has 1 amide bonds. The molecule has 0 radical (unpaired) electrons. The van der Waals surface area contributed by atoms with Gasteiger partial charge in [0.2, 0.25) is 0 Å². The molecule has 7 nitrogen and oxygen atoms in total. The maximum Gasteiger partial charge on any atom is 0.333 e. The van der Waals surface area contributed by atoms with E-state index in [1.807, 2.05) is 5.38 Å². The van der Waals surface area contributed by atoms with Crippen molar-refractivity contribution in [3.05, 3.63) is 63.8 Å². The number of carbonyl (C=O) groups excluding carboxylic acids is 1. The first-order valence-electron chi connectivity index (χ1n) is 7.17. The number of hydrogen-bond acceptors (Lipinski definition) is 5. The summed E-state index contributed by atoms with van der Waals surface area (Å²) in [5.41, 5.74) is 5.75. The van der Waals surface area contributed by atoms with Crippen molar-refractivity contribution < 1.29 is 9.18 Å². The lowest BCUT2D eigenvalue weighted by molar-refractivity contribution is 0.0997. The summed E-state index contributed by atoms with van der Waals surface area (Å²) in [6.07, 6.45) is 0. The summed E-state index contributed by atoms with van der Waals surface area (Å²) in [6, 6.07) is 9.04. The van der Waals surface area contributed by atoms with Crippen LogP contribution in [0, 0.1) is 5.82 Å². The number of nitrogens with zero attached hydrogens (tertiary/aromatic N) is 3. The normalized spacial score (nSPS) is 11.1. The Morgan fingerprint density at radius 1 is 1.20 bits per heavy atom. The third kappa shape index (κ3) is 2.50. The Hall–Kier alpha value is -3.33. The fraction of sp³-hybridized carbons (Fsp3) is 0. The van der Waals surface area contributed by atoms with Crippen LogP contribution < -0.4 is 11.4 Å². The van der Waals surface area contributed by atoms with Crippen LogP contribution in [0.25, 0.3) is 27.6 Å². The lowest BCUT2D eigenvalue weighted by Crippen LogP contribution is -2.15. The van der Waals surface area contributed by atoms with E-state index in [1.54, 1.807) is 12.1 Å². The average molecular weight is 355 g/mol. The molecule has 0 aliphatic carbocycles. The second kappa shape index (κ2) is 5.64. The molecule has 25 heavy (non-hydrogen) atoms. The highest BCUT2D eigenvalue weighted by atomic mass is 32.1. The zero-order valence-electron chi connectivity index (χ0n) is 12.6. The Balaban J connectivity index is 2.06. The molecule has 1 aromatic carbocycles. The number of H-pyrrole nitrogens is 1. The SMILES string of the molecule is NC(=O)c1nc(-c2ccc(F)cc2)nc2c1[nH]c(=O)n2-c1cccs1. The van der Waals surface area contributed by atoms with Gasteiger partial charge in [0.15, 0.2) is 17.2 Å². The van der Waals surface area contributed by atoms with Gasteiger partial charge in [-0.1, -0.05) is 0 Å². The Labute approximate surface area is 143 Å². The molecule has 124 valence electrons. The molecule has 0 bridgehead atoms. The van der Waals surface area contributed by atoms with Crippen LogP contribution >= 0.6 is 11.3 Å². The number of nitrogens with one attached hydrogen (secondary N) is 1. The molecule has 0 spiro atoms. The van der Waals surface area contributed by atoms with E-state index >= 15 is 0 Å². The number of rotatable bonds is 3. The highest BCUT2D eigenvalue weighted by Gasteiger charge is 2.20. The lowest BCUT2D eigenvalue weighted by atomic mass is 10.2. The first-order valence-corrected chi connectivity index (χ1v) is 8.05. The molecule has 4 aromatic rings. The van der Waals surface area contributed by atoms with Gasteiger partial charge in [-0.2, -0.15) is 0 Å². The summed E-state index contributed by atoms with van der Waals surface area (Å²) in [7, 11) is 0. The van der Waals surface area contributed by atoms with Crippen LogP contribution in [-0.2, 0) is 0 Å². The predicted molar refractivity (Wildman–Crippen MR) is 91.3 cm³/mol. The van der Waals surface area contributed by atoms with Crippen molar-refractivity contribution >= 4 is 28.4 Å². The number of primary amides is 1. The van der Waals surface area contributed by atoms with Gasteiger partial charge in [0.1, 0.15) is 16.3 Å². The lowest BCUT2D eigenvalue weighted by Gasteiger charge is -2.05. The maximum absolute atomic E-state index is 13.2. The van der Waals surface area contributed by atoms with Gasteiger partial charge in [-0.25, -0.2) is 23.7 Å². The molecule has 3 aromatic heterocycles. The van der Waals surface area contributed by atoms with Crippen molar-refractivity contribution in [2.75, 3.05) is 0 Å². The molecule has 0 unspecified atom stereocenters. The third-order valence-electron chi connectivity index (χ3n) is 3.60. The molecule has 9 heteroatoms. The van der Waals surface area contributed by atoms with Crippen molar-refractivity contribution in [3.63, 3.8) is 0 Å². The van der Waals surface area contributed by atoms with E-state index < -0.39 is 17.4 Å². The van der Waals surface area contributed by atoms with Crippen LogP contribution in [0.5, 0.6) is 0 Å². The van der Waals surface area contributed by atoms with Crippen molar-refractivity contribution in [1.29, 1.82) is 0 Å². The standard InChI is InChI=1S/C16H10FN5O2S/c17-9-5-3-8(4-6-9)14-19-11(13(18)23)12-15(21-14)22(16(24)20-12)10-2-1-7-25-10/h1-7H,(H2,18,23)(H,20,24). The van der Waals surface area contributed by atoms with Gasteiger partial charge in [0.25, 0.3) is 5.91 Å². The number of halogens is 1. The molecule has 0 atom stereocenters. The van der Waals surface area contributed by atoms with Crippen molar-refractivity contribution in [2.24, 2.45) is 5.73 Å². The molecule has 3 heterocycles. The molecule has 0 aliphatic heterocycles. The first-order chi connectivity index (χ1) is 12.0. The van der Waals surface area contributed by atoms with Gasteiger partial charge in [-0.05, 0) is 41.8 Å². The van der Waals surface area contributed by atoms with Crippen LogP contribution in [0.4, 0.5) is 4.39 Å². The molecule has 0 fully saturated rings. The quantitative estimate of drug-likeness (QED) is 0.587. The first kappa shape index (κ1) is 15.2. The number of carbonyl (C=O) groups is 1.